The van der Waals surface area contributed by atoms with Gasteiger partial charge in [-0.05, 0) is 12.5 Å². The van der Waals surface area contributed by atoms with Crippen molar-refractivity contribution in [1.29, 1.82) is 0 Å². The second-order valence-corrected chi connectivity index (χ2v) is 3.95. The van der Waals surface area contributed by atoms with Crippen molar-refractivity contribution >= 4 is 6.34 Å². The molecular weight excluding hydrogens is 210 g/mol. The summed E-state index contributed by atoms with van der Waals surface area (Å²) in [5.41, 5.74) is 1.18. The Morgan fingerprint density at radius 2 is 2.24 bits per heavy atom. The molecule has 0 N–H and O–H groups in total. The Labute approximate surface area is 104 Å². The van der Waals surface area contributed by atoms with Gasteiger partial charge >= 0.3 is 0 Å². The number of rotatable bonds is 3. The van der Waals surface area contributed by atoms with E-state index in [1.54, 1.807) is 18.3 Å². The molecule has 3 heteroatoms. The van der Waals surface area contributed by atoms with Crippen LogP contribution in [0.3, 0.4) is 0 Å². The van der Waals surface area contributed by atoms with Crippen molar-refractivity contribution in [2.45, 2.75) is 12.5 Å². The molecule has 1 unspecified atom stereocenters. The van der Waals surface area contributed by atoms with Crippen LogP contribution in [-0.4, -0.2) is 43.3 Å². The Morgan fingerprint density at radius 1 is 1.47 bits per heavy atom. The first kappa shape index (κ1) is 13.1. The number of hydrogen-bond acceptors (Lipinski definition) is 2. The monoisotopic (exact) mass is 229 g/mol. The van der Waals surface area contributed by atoms with Crippen LogP contribution in [0.5, 0.6) is 0 Å². The van der Waals surface area contributed by atoms with Gasteiger partial charge in [0.2, 0.25) is 0 Å². The molecule has 0 radical (unpaired) electrons. The van der Waals surface area contributed by atoms with Gasteiger partial charge in [-0.2, -0.15) is 0 Å². The van der Waals surface area contributed by atoms with Crippen LogP contribution in [0.2, 0.25) is 0 Å². The topological polar surface area (TPSA) is 18.8 Å². The normalized spacial score (nSPS) is 22.5. The predicted molar refractivity (Wildman–Crippen MR) is 73.5 cm³/mol. The predicted octanol–water partition coefficient (Wildman–Crippen LogP) is 1.87. The second kappa shape index (κ2) is 6.59. The van der Waals surface area contributed by atoms with E-state index < -0.39 is 0 Å². The number of nitrogens with zero attached hydrogens (tertiary/aromatic N) is 3. The third kappa shape index (κ3) is 3.84. The first-order chi connectivity index (χ1) is 8.19. The molecule has 1 atom stereocenters. The van der Waals surface area contributed by atoms with Gasteiger partial charge in [-0.1, -0.05) is 30.7 Å². The molecular formula is C14H19N3. The maximum Gasteiger partial charge on any atom is 0.0971 e. The Balaban J connectivity index is 2.90. The molecule has 3 nitrogen and oxygen atoms in total. The molecule has 0 fully saturated rings. The van der Waals surface area contributed by atoms with E-state index in [1.165, 1.54) is 5.70 Å². The lowest BCUT2D eigenvalue weighted by atomic mass is 10.1. The molecule has 0 heterocycles. The molecule has 0 aromatic carbocycles. The van der Waals surface area contributed by atoms with E-state index in [0.29, 0.717) is 0 Å². The van der Waals surface area contributed by atoms with E-state index in [1.807, 2.05) is 14.1 Å². The smallest absolute Gasteiger partial charge is 0.0971 e. The number of terminal acetylenes is 1. The van der Waals surface area contributed by atoms with Crippen LogP contribution in [0.15, 0.2) is 41.1 Å². The Kier molecular flexibility index (Phi) is 5.09. The number of hydrogen-bond donors (Lipinski definition) is 0. The number of likely N-dealkylation sites (N-methyl/N-ethyl adjacent to an activating group) is 1. The fourth-order valence-electron chi connectivity index (χ4n) is 1.57. The Morgan fingerprint density at radius 3 is 2.82 bits per heavy atom. The minimum Gasteiger partial charge on any atom is -0.378 e. The van der Waals surface area contributed by atoms with Crippen LogP contribution >= 0.6 is 0 Å². The molecule has 0 aromatic heterocycles. The van der Waals surface area contributed by atoms with Gasteiger partial charge in [-0.3, -0.25) is 9.89 Å². The second-order valence-electron chi connectivity index (χ2n) is 3.95. The van der Waals surface area contributed by atoms with Crippen molar-refractivity contribution in [1.82, 2.24) is 9.80 Å². The van der Waals surface area contributed by atoms with Crippen LogP contribution in [-0.2, 0) is 0 Å². The summed E-state index contributed by atoms with van der Waals surface area (Å²) >= 11 is 0. The minimum atomic E-state index is 0.0624. The molecule has 1 aliphatic carbocycles. The third-order valence-electron chi connectivity index (χ3n) is 2.49. The van der Waals surface area contributed by atoms with Gasteiger partial charge in [0.15, 0.2) is 0 Å². The highest BCUT2D eigenvalue weighted by Gasteiger charge is 2.08. The van der Waals surface area contributed by atoms with E-state index >= 15 is 0 Å². The Hall–Kier alpha value is -1.95. The van der Waals surface area contributed by atoms with Crippen LogP contribution in [0.4, 0.5) is 0 Å². The van der Waals surface area contributed by atoms with E-state index in [9.17, 15) is 0 Å². The molecule has 17 heavy (non-hydrogen) atoms. The molecule has 0 bridgehead atoms. The summed E-state index contributed by atoms with van der Waals surface area (Å²) in [6.45, 7) is 0. The summed E-state index contributed by atoms with van der Waals surface area (Å²) in [5, 5.41) is 0. The van der Waals surface area contributed by atoms with Gasteiger partial charge < -0.3 is 4.90 Å². The van der Waals surface area contributed by atoms with E-state index in [4.69, 9.17) is 6.42 Å². The highest BCUT2D eigenvalue weighted by Crippen LogP contribution is 2.10. The van der Waals surface area contributed by atoms with Crippen LogP contribution in [0.1, 0.15) is 6.42 Å². The summed E-state index contributed by atoms with van der Waals surface area (Å²) in [6, 6.07) is 2.68. The molecule has 0 aliphatic heterocycles. The summed E-state index contributed by atoms with van der Waals surface area (Å²) < 4.78 is 0. The molecule has 0 aromatic rings. The lowest BCUT2D eigenvalue weighted by Crippen LogP contribution is -2.27. The van der Waals surface area contributed by atoms with Crippen LogP contribution in [0.25, 0.3) is 0 Å². The summed E-state index contributed by atoms with van der Waals surface area (Å²) in [4.78, 5) is 7.78. The highest BCUT2D eigenvalue weighted by molar-refractivity contribution is 5.59. The zero-order chi connectivity index (χ0) is 12.7. The van der Waals surface area contributed by atoms with E-state index in [0.717, 1.165) is 6.42 Å². The van der Waals surface area contributed by atoms with Crippen molar-refractivity contribution in [3.8, 4) is 12.5 Å². The molecule has 0 saturated carbocycles. The van der Waals surface area contributed by atoms with Gasteiger partial charge in [-0.25, -0.2) is 0 Å². The zero-order valence-electron chi connectivity index (χ0n) is 10.7. The van der Waals surface area contributed by atoms with Gasteiger partial charge in [0.25, 0.3) is 0 Å². The summed E-state index contributed by atoms with van der Waals surface area (Å²) in [7, 11) is 5.78. The van der Waals surface area contributed by atoms with Crippen molar-refractivity contribution in [3.05, 3.63) is 36.1 Å². The lowest BCUT2D eigenvalue weighted by Gasteiger charge is -2.21. The van der Waals surface area contributed by atoms with Crippen molar-refractivity contribution < 1.29 is 0 Å². The fourth-order valence-corrected chi connectivity index (χ4v) is 1.57. The van der Waals surface area contributed by atoms with Crippen molar-refractivity contribution in [2.75, 3.05) is 21.1 Å². The summed E-state index contributed by atoms with van der Waals surface area (Å²) in [5.74, 6) is 0. The van der Waals surface area contributed by atoms with Crippen molar-refractivity contribution in [2.24, 2.45) is 4.99 Å². The van der Waals surface area contributed by atoms with Crippen LogP contribution in [0, 0.1) is 12.5 Å². The van der Waals surface area contributed by atoms with E-state index in [2.05, 4.69) is 46.3 Å². The lowest BCUT2D eigenvalue weighted by molar-refractivity contribution is 0.523. The maximum absolute atomic E-state index is 5.47. The van der Waals surface area contributed by atoms with Crippen LogP contribution < -0.4 is 0 Å². The minimum absolute atomic E-state index is 0.0624. The molecule has 1 rings (SSSR count). The zero-order valence-corrected chi connectivity index (χ0v) is 10.7. The molecule has 0 saturated heterocycles. The van der Waals surface area contributed by atoms with E-state index in [-0.39, 0.29) is 6.04 Å². The SMILES string of the molecule is C#CN(C=NC)C1C=CC/C=C(/N(C)C)C=C1. The van der Waals surface area contributed by atoms with Gasteiger partial charge in [0.1, 0.15) is 0 Å². The maximum atomic E-state index is 5.47. The Bertz CT molecular complexity index is 394. The average molecular weight is 229 g/mol. The standard InChI is InChI=1S/C14H19N3/c1-5-17(12-15-2)14-9-7-6-8-13(10-11-14)16(3)4/h1,7-12,14H,6H2,2-4H3/b9-7?,11-10?,13-8+,15-12?. The fraction of sp³-hybridized carbons (Fsp3) is 0.357. The van der Waals surface area contributed by atoms with Gasteiger partial charge in [0.05, 0.1) is 12.4 Å². The first-order valence-electron chi connectivity index (χ1n) is 5.58. The third-order valence-corrected chi connectivity index (χ3v) is 2.49. The number of allylic oxidation sites excluding steroid dienone is 3. The van der Waals surface area contributed by atoms with Gasteiger partial charge in [-0.15, -0.1) is 0 Å². The number of aliphatic imine (C=N–C) groups is 1. The molecule has 90 valence electrons. The largest absolute Gasteiger partial charge is 0.378 e. The first-order valence-corrected chi connectivity index (χ1v) is 5.58. The summed E-state index contributed by atoms with van der Waals surface area (Å²) in [6.07, 6.45) is 18.6. The van der Waals surface area contributed by atoms with Crippen molar-refractivity contribution in [3.63, 3.8) is 0 Å². The van der Waals surface area contributed by atoms with Gasteiger partial charge in [0, 0.05) is 32.9 Å². The molecule has 0 spiro atoms. The average Bonchev–Trinajstić information content (AvgIpc) is 2.26. The molecule has 0 amide bonds. The molecule has 1 aliphatic rings. The highest BCUT2D eigenvalue weighted by atomic mass is 15.1. The quantitative estimate of drug-likeness (QED) is 0.242.